The number of morpholine rings is 1. The number of ether oxygens (including phenoxy) is 1. The highest BCUT2D eigenvalue weighted by atomic mass is 35.5. The summed E-state index contributed by atoms with van der Waals surface area (Å²) in [5, 5.41) is 4.34. The van der Waals surface area contributed by atoms with E-state index in [0.29, 0.717) is 42.0 Å². The largest absolute Gasteiger partial charge is 0.373 e. The fourth-order valence-corrected chi connectivity index (χ4v) is 3.18. The molecule has 1 atom stereocenters. The van der Waals surface area contributed by atoms with E-state index >= 15 is 0 Å². The van der Waals surface area contributed by atoms with Crippen molar-refractivity contribution in [3.8, 4) is 0 Å². The van der Waals surface area contributed by atoms with Gasteiger partial charge >= 0.3 is 0 Å². The Morgan fingerprint density at radius 2 is 2.21 bits per heavy atom. The number of halogens is 2. The summed E-state index contributed by atoms with van der Waals surface area (Å²) in [7, 11) is 0. The Morgan fingerprint density at radius 3 is 2.96 bits per heavy atom. The van der Waals surface area contributed by atoms with Crippen LogP contribution in [0.1, 0.15) is 17.4 Å². The summed E-state index contributed by atoms with van der Waals surface area (Å²) < 4.78 is 5.58. The van der Waals surface area contributed by atoms with E-state index in [4.69, 9.17) is 27.9 Å². The molecule has 2 amide bonds. The van der Waals surface area contributed by atoms with Crippen LogP contribution in [0.2, 0.25) is 10.0 Å². The lowest BCUT2D eigenvalue weighted by Crippen LogP contribution is -2.49. The van der Waals surface area contributed by atoms with Crippen molar-refractivity contribution < 1.29 is 14.3 Å². The minimum absolute atomic E-state index is 0.127. The van der Waals surface area contributed by atoms with Crippen LogP contribution in [0.4, 0.5) is 0 Å². The number of nitrogens with one attached hydrogen (secondary N) is 2. The van der Waals surface area contributed by atoms with Crippen molar-refractivity contribution in [2.24, 2.45) is 0 Å². The maximum Gasteiger partial charge on any atom is 0.272 e. The number of rotatable bonds is 3. The molecule has 6 nitrogen and oxygen atoms in total. The van der Waals surface area contributed by atoms with Crippen LogP contribution >= 0.6 is 23.2 Å². The minimum Gasteiger partial charge on any atom is -0.373 e. The highest BCUT2D eigenvalue weighted by Gasteiger charge is 2.28. The van der Waals surface area contributed by atoms with Crippen LogP contribution < -0.4 is 5.32 Å². The quantitative estimate of drug-likeness (QED) is 0.872. The number of fused-ring (bicyclic) bond motifs is 1. The second kappa shape index (κ2) is 7.01. The molecule has 0 bridgehead atoms. The molecular weight excluding hydrogens is 353 g/mol. The van der Waals surface area contributed by atoms with E-state index in [-0.39, 0.29) is 17.9 Å². The van der Waals surface area contributed by atoms with Gasteiger partial charge in [0, 0.05) is 42.5 Å². The molecule has 2 N–H and O–H groups in total. The zero-order chi connectivity index (χ0) is 17.3. The SMILES string of the molecule is CC(=O)NCC1CN(C(=O)c2[nH]c3ccc(Cl)cc3c2Cl)CCO1. The van der Waals surface area contributed by atoms with Gasteiger partial charge in [-0.1, -0.05) is 23.2 Å². The van der Waals surface area contributed by atoms with Gasteiger partial charge in [0.2, 0.25) is 5.91 Å². The molecule has 2 aromatic rings. The van der Waals surface area contributed by atoms with Crippen molar-refractivity contribution >= 4 is 45.9 Å². The topological polar surface area (TPSA) is 74.4 Å². The van der Waals surface area contributed by atoms with Crippen LogP contribution in [0.3, 0.4) is 0 Å². The molecule has 1 aromatic carbocycles. The number of nitrogens with zero attached hydrogens (tertiary/aromatic N) is 1. The highest BCUT2D eigenvalue weighted by molar-refractivity contribution is 6.39. The van der Waals surface area contributed by atoms with Gasteiger partial charge in [0.05, 0.1) is 17.7 Å². The molecule has 1 aliphatic heterocycles. The third kappa shape index (κ3) is 3.50. The molecule has 1 aliphatic rings. The first-order valence-electron chi connectivity index (χ1n) is 7.57. The Labute approximate surface area is 149 Å². The van der Waals surface area contributed by atoms with Crippen molar-refractivity contribution in [1.29, 1.82) is 0 Å². The summed E-state index contributed by atoms with van der Waals surface area (Å²) in [5.74, 6) is -0.318. The zero-order valence-electron chi connectivity index (χ0n) is 13.1. The number of aromatic nitrogens is 1. The molecule has 2 heterocycles. The van der Waals surface area contributed by atoms with E-state index in [2.05, 4.69) is 10.3 Å². The van der Waals surface area contributed by atoms with Crippen LogP contribution in [0.5, 0.6) is 0 Å². The normalized spacial score (nSPS) is 18.0. The predicted octanol–water partition coefficient (Wildman–Crippen LogP) is 2.45. The lowest BCUT2D eigenvalue weighted by molar-refractivity contribution is -0.120. The number of benzene rings is 1. The molecule has 3 rings (SSSR count). The molecule has 0 spiro atoms. The first kappa shape index (κ1) is 17.1. The number of H-pyrrole nitrogens is 1. The van der Waals surface area contributed by atoms with E-state index in [9.17, 15) is 9.59 Å². The number of carbonyl (C=O) groups is 2. The standard InChI is InChI=1S/C16H17Cl2N3O3/c1-9(22)19-7-11-8-21(4-5-24-11)16(23)15-14(18)12-6-10(17)2-3-13(12)20-15/h2-3,6,11,20H,4-5,7-8H2,1H3,(H,19,22). The lowest BCUT2D eigenvalue weighted by atomic mass is 10.2. The fraction of sp³-hybridized carbons (Fsp3) is 0.375. The smallest absolute Gasteiger partial charge is 0.272 e. The van der Waals surface area contributed by atoms with Gasteiger partial charge in [-0.2, -0.15) is 0 Å². The van der Waals surface area contributed by atoms with Gasteiger partial charge in [0.1, 0.15) is 5.69 Å². The Kier molecular flexibility index (Phi) is 4.99. The number of hydrogen-bond donors (Lipinski definition) is 2. The van der Waals surface area contributed by atoms with Crippen molar-refractivity contribution in [3.63, 3.8) is 0 Å². The van der Waals surface area contributed by atoms with Crippen molar-refractivity contribution in [2.45, 2.75) is 13.0 Å². The number of carbonyl (C=O) groups excluding carboxylic acids is 2. The second-order valence-electron chi connectivity index (χ2n) is 5.68. The average molecular weight is 370 g/mol. The van der Waals surface area contributed by atoms with E-state index in [1.165, 1.54) is 6.92 Å². The number of aromatic amines is 1. The number of hydrogen-bond acceptors (Lipinski definition) is 3. The molecule has 1 aromatic heterocycles. The fourth-order valence-electron chi connectivity index (χ4n) is 2.72. The first-order valence-corrected chi connectivity index (χ1v) is 8.33. The van der Waals surface area contributed by atoms with Gasteiger partial charge in [0.15, 0.2) is 0 Å². The molecule has 0 aliphatic carbocycles. The summed E-state index contributed by atoms with van der Waals surface area (Å²) in [5.41, 5.74) is 1.10. The molecule has 1 saturated heterocycles. The van der Waals surface area contributed by atoms with Crippen LogP contribution in [0, 0.1) is 0 Å². The van der Waals surface area contributed by atoms with E-state index in [1.54, 1.807) is 23.1 Å². The number of amides is 2. The van der Waals surface area contributed by atoms with Crippen molar-refractivity contribution in [1.82, 2.24) is 15.2 Å². The first-order chi connectivity index (χ1) is 11.5. The van der Waals surface area contributed by atoms with Gasteiger partial charge in [-0.3, -0.25) is 9.59 Å². The van der Waals surface area contributed by atoms with Gasteiger partial charge in [-0.25, -0.2) is 0 Å². The van der Waals surface area contributed by atoms with Crippen LogP contribution in [0.25, 0.3) is 10.9 Å². The predicted molar refractivity (Wildman–Crippen MR) is 92.6 cm³/mol. The van der Waals surface area contributed by atoms with Crippen LogP contribution in [0.15, 0.2) is 18.2 Å². The monoisotopic (exact) mass is 369 g/mol. The van der Waals surface area contributed by atoms with Crippen molar-refractivity contribution in [2.75, 3.05) is 26.2 Å². The summed E-state index contributed by atoms with van der Waals surface area (Å²) in [6.07, 6.45) is -0.232. The van der Waals surface area contributed by atoms with E-state index in [0.717, 1.165) is 10.9 Å². The Balaban J connectivity index is 1.78. The van der Waals surface area contributed by atoms with Gasteiger partial charge in [-0.15, -0.1) is 0 Å². The maximum absolute atomic E-state index is 12.8. The zero-order valence-corrected chi connectivity index (χ0v) is 14.6. The Hall–Kier alpha value is -1.76. The van der Waals surface area contributed by atoms with E-state index in [1.807, 2.05) is 0 Å². The molecule has 128 valence electrons. The van der Waals surface area contributed by atoms with Gasteiger partial charge in [-0.05, 0) is 18.2 Å². The summed E-state index contributed by atoms with van der Waals surface area (Å²) in [6, 6.07) is 5.26. The molecule has 24 heavy (non-hydrogen) atoms. The van der Waals surface area contributed by atoms with Gasteiger partial charge in [0.25, 0.3) is 5.91 Å². The minimum atomic E-state index is -0.232. The van der Waals surface area contributed by atoms with E-state index < -0.39 is 0 Å². The third-order valence-electron chi connectivity index (χ3n) is 3.92. The third-order valence-corrected chi connectivity index (χ3v) is 4.54. The average Bonchev–Trinajstić information content (AvgIpc) is 2.89. The molecule has 1 fully saturated rings. The Morgan fingerprint density at radius 1 is 1.42 bits per heavy atom. The van der Waals surface area contributed by atoms with Gasteiger partial charge < -0.3 is 19.9 Å². The van der Waals surface area contributed by atoms with Crippen LogP contribution in [-0.4, -0.2) is 54.0 Å². The maximum atomic E-state index is 12.8. The summed E-state index contributed by atoms with van der Waals surface area (Å²) in [4.78, 5) is 28.5. The summed E-state index contributed by atoms with van der Waals surface area (Å²) in [6.45, 7) is 3.10. The molecule has 1 unspecified atom stereocenters. The second-order valence-corrected chi connectivity index (χ2v) is 6.50. The van der Waals surface area contributed by atoms with Crippen LogP contribution in [-0.2, 0) is 9.53 Å². The molecule has 0 radical (unpaired) electrons. The Bertz CT molecular complexity index is 790. The summed E-state index contributed by atoms with van der Waals surface area (Å²) >= 11 is 12.3. The van der Waals surface area contributed by atoms with Crippen molar-refractivity contribution in [3.05, 3.63) is 33.9 Å². The highest BCUT2D eigenvalue weighted by Crippen LogP contribution is 2.30. The molecular formula is C16H17Cl2N3O3. The molecule has 0 saturated carbocycles. The molecule has 8 heteroatoms. The lowest BCUT2D eigenvalue weighted by Gasteiger charge is -2.32.